The maximum atomic E-state index is 8.93. The summed E-state index contributed by atoms with van der Waals surface area (Å²) >= 11 is 0. The molecule has 16 heavy (non-hydrogen) atoms. The van der Waals surface area contributed by atoms with Crippen LogP contribution in [0.4, 0.5) is 0 Å². The van der Waals surface area contributed by atoms with Crippen LogP contribution in [0.3, 0.4) is 0 Å². The van der Waals surface area contributed by atoms with Crippen LogP contribution < -0.4 is 5.32 Å². The molecule has 0 saturated heterocycles. The van der Waals surface area contributed by atoms with Crippen LogP contribution in [0.25, 0.3) is 0 Å². The lowest BCUT2D eigenvalue weighted by Crippen LogP contribution is -2.38. The summed E-state index contributed by atoms with van der Waals surface area (Å²) in [4.78, 5) is 0. The number of ether oxygens (including phenoxy) is 1. The minimum Gasteiger partial charge on any atom is -0.381 e. The Balaban J connectivity index is 3.37. The molecule has 0 aliphatic carbocycles. The van der Waals surface area contributed by atoms with Crippen molar-refractivity contribution in [3.63, 3.8) is 0 Å². The van der Waals surface area contributed by atoms with Gasteiger partial charge in [-0.05, 0) is 45.6 Å². The van der Waals surface area contributed by atoms with E-state index in [1.54, 1.807) is 0 Å². The van der Waals surface area contributed by atoms with Gasteiger partial charge in [-0.2, -0.15) is 5.26 Å². The molecule has 0 aliphatic rings. The van der Waals surface area contributed by atoms with Gasteiger partial charge in [-0.25, -0.2) is 0 Å². The zero-order valence-corrected chi connectivity index (χ0v) is 11.2. The Morgan fingerprint density at radius 3 is 2.44 bits per heavy atom. The van der Waals surface area contributed by atoms with Gasteiger partial charge in [0.05, 0.1) is 6.07 Å². The van der Waals surface area contributed by atoms with Crippen LogP contribution in [0.2, 0.25) is 0 Å². The first-order chi connectivity index (χ1) is 7.54. The first-order valence-corrected chi connectivity index (χ1v) is 6.22. The summed E-state index contributed by atoms with van der Waals surface area (Å²) in [6, 6.07) is 2.28. The normalized spacial score (nSPS) is 14.8. The van der Waals surface area contributed by atoms with Gasteiger partial charge >= 0.3 is 0 Å². The molecule has 0 radical (unpaired) electrons. The highest BCUT2D eigenvalue weighted by Gasteiger charge is 2.19. The van der Waals surface area contributed by atoms with Crippen molar-refractivity contribution >= 4 is 0 Å². The first-order valence-electron chi connectivity index (χ1n) is 6.22. The van der Waals surface area contributed by atoms with Gasteiger partial charge < -0.3 is 10.1 Å². The summed E-state index contributed by atoms with van der Waals surface area (Å²) in [5, 5.41) is 12.0. The average Bonchev–Trinajstić information content (AvgIpc) is 2.27. The van der Waals surface area contributed by atoms with Crippen LogP contribution in [-0.2, 0) is 4.74 Å². The molecule has 94 valence electrons. The second-order valence-electron chi connectivity index (χ2n) is 4.95. The molecule has 0 bridgehead atoms. The Labute approximate surface area is 100 Å². The summed E-state index contributed by atoms with van der Waals surface area (Å²) in [5.74, 6) is 0.759. The molecule has 1 N–H and O–H groups in total. The average molecular weight is 226 g/mol. The lowest BCUT2D eigenvalue weighted by atomic mass is 9.98. The van der Waals surface area contributed by atoms with Crippen molar-refractivity contribution in [2.45, 2.75) is 52.0 Å². The molecule has 0 aromatic rings. The van der Waals surface area contributed by atoms with Crippen LogP contribution in [0.5, 0.6) is 0 Å². The van der Waals surface area contributed by atoms with Crippen molar-refractivity contribution in [1.82, 2.24) is 5.32 Å². The second-order valence-corrected chi connectivity index (χ2v) is 4.95. The molecule has 0 spiro atoms. The summed E-state index contributed by atoms with van der Waals surface area (Å²) in [5.41, 5.74) is -0.401. The lowest BCUT2D eigenvalue weighted by Gasteiger charge is -2.20. The van der Waals surface area contributed by atoms with Crippen LogP contribution in [0.1, 0.15) is 46.5 Å². The minimum atomic E-state index is -0.401. The Bertz CT molecular complexity index is 210. The molecule has 0 amide bonds. The highest BCUT2D eigenvalue weighted by Crippen LogP contribution is 2.10. The second kappa shape index (κ2) is 8.55. The molecule has 0 aromatic carbocycles. The molecular weight excluding hydrogens is 200 g/mol. The van der Waals surface area contributed by atoms with E-state index in [9.17, 15) is 0 Å². The predicted octanol–water partition coefficient (Wildman–Crippen LogP) is 2.72. The van der Waals surface area contributed by atoms with Crippen molar-refractivity contribution in [3.8, 4) is 6.07 Å². The zero-order valence-electron chi connectivity index (χ0n) is 11.2. The summed E-state index contributed by atoms with van der Waals surface area (Å²) < 4.78 is 5.53. The van der Waals surface area contributed by atoms with Gasteiger partial charge in [0.25, 0.3) is 0 Å². The van der Waals surface area contributed by atoms with Crippen molar-refractivity contribution in [1.29, 1.82) is 5.26 Å². The van der Waals surface area contributed by atoms with Gasteiger partial charge in [0, 0.05) is 13.2 Å². The zero-order chi connectivity index (χ0) is 12.4. The third-order valence-corrected chi connectivity index (χ3v) is 2.83. The molecule has 0 fully saturated rings. The summed E-state index contributed by atoms with van der Waals surface area (Å²) in [6.07, 6.45) is 4.14. The van der Waals surface area contributed by atoms with Gasteiger partial charge in [-0.3, -0.25) is 0 Å². The molecule has 0 aromatic heterocycles. The third-order valence-electron chi connectivity index (χ3n) is 2.83. The van der Waals surface area contributed by atoms with Gasteiger partial charge in [0.2, 0.25) is 0 Å². The number of nitrogens with zero attached hydrogens (tertiary/aromatic N) is 1. The van der Waals surface area contributed by atoms with Gasteiger partial charge in [-0.15, -0.1) is 0 Å². The molecule has 3 nitrogen and oxygen atoms in total. The van der Waals surface area contributed by atoms with Crippen LogP contribution in [0.15, 0.2) is 0 Å². The van der Waals surface area contributed by atoms with E-state index in [-0.39, 0.29) is 0 Å². The fraction of sp³-hybridized carbons (Fsp3) is 0.923. The molecule has 1 unspecified atom stereocenters. The Morgan fingerprint density at radius 2 is 1.94 bits per heavy atom. The van der Waals surface area contributed by atoms with E-state index in [1.165, 1.54) is 6.42 Å². The molecule has 3 heteroatoms. The topological polar surface area (TPSA) is 45.0 Å². The molecule has 0 aliphatic heterocycles. The Hall–Kier alpha value is -0.590. The highest BCUT2D eigenvalue weighted by molar-refractivity contribution is 5.02. The van der Waals surface area contributed by atoms with E-state index in [0.717, 1.165) is 38.4 Å². The fourth-order valence-electron chi connectivity index (χ4n) is 1.46. The van der Waals surface area contributed by atoms with Crippen molar-refractivity contribution in [2.24, 2.45) is 5.92 Å². The van der Waals surface area contributed by atoms with E-state index in [1.807, 2.05) is 14.0 Å². The number of nitriles is 1. The number of nitrogens with one attached hydrogen (secondary N) is 1. The molecule has 0 heterocycles. The number of hydrogen-bond donors (Lipinski definition) is 1. The van der Waals surface area contributed by atoms with E-state index in [0.29, 0.717) is 0 Å². The smallest absolute Gasteiger partial charge is 0.103 e. The molecule has 1 atom stereocenters. The lowest BCUT2D eigenvalue weighted by molar-refractivity contribution is 0.120. The number of rotatable bonds is 9. The number of hydrogen-bond acceptors (Lipinski definition) is 3. The standard InChI is InChI=1S/C13H26N2O/c1-12(2)7-5-9-16-10-6-8-13(3,11-14)15-4/h12,15H,5-10H2,1-4H3. The monoisotopic (exact) mass is 226 g/mol. The quantitative estimate of drug-likeness (QED) is 0.615. The fourth-order valence-corrected chi connectivity index (χ4v) is 1.46. The first kappa shape index (κ1) is 15.4. The maximum absolute atomic E-state index is 8.93. The minimum absolute atomic E-state index is 0.401. The van der Waals surface area contributed by atoms with E-state index >= 15 is 0 Å². The van der Waals surface area contributed by atoms with Crippen molar-refractivity contribution in [2.75, 3.05) is 20.3 Å². The predicted molar refractivity (Wildman–Crippen MR) is 67.2 cm³/mol. The van der Waals surface area contributed by atoms with Gasteiger partial charge in [0.1, 0.15) is 5.54 Å². The highest BCUT2D eigenvalue weighted by atomic mass is 16.5. The SMILES string of the molecule is CNC(C)(C#N)CCCOCCCC(C)C. The molecular formula is C13H26N2O. The van der Waals surface area contributed by atoms with Gasteiger partial charge in [0.15, 0.2) is 0 Å². The molecule has 0 saturated carbocycles. The Kier molecular flexibility index (Phi) is 8.23. The largest absolute Gasteiger partial charge is 0.381 e. The maximum Gasteiger partial charge on any atom is 0.103 e. The summed E-state index contributed by atoms with van der Waals surface area (Å²) in [6.45, 7) is 7.99. The Morgan fingerprint density at radius 1 is 1.31 bits per heavy atom. The van der Waals surface area contributed by atoms with Crippen molar-refractivity contribution < 1.29 is 4.74 Å². The van der Waals surface area contributed by atoms with Crippen LogP contribution in [0, 0.1) is 17.2 Å². The van der Waals surface area contributed by atoms with E-state index < -0.39 is 5.54 Å². The third kappa shape index (κ3) is 7.67. The van der Waals surface area contributed by atoms with Crippen LogP contribution >= 0.6 is 0 Å². The summed E-state index contributed by atoms with van der Waals surface area (Å²) in [7, 11) is 1.83. The van der Waals surface area contributed by atoms with Crippen LogP contribution in [-0.4, -0.2) is 25.8 Å². The van der Waals surface area contributed by atoms with E-state index in [2.05, 4.69) is 25.2 Å². The van der Waals surface area contributed by atoms with E-state index in [4.69, 9.17) is 10.00 Å². The van der Waals surface area contributed by atoms with Gasteiger partial charge in [-0.1, -0.05) is 13.8 Å². The molecule has 0 rings (SSSR count). The van der Waals surface area contributed by atoms with Crippen molar-refractivity contribution in [3.05, 3.63) is 0 Å².